The third-order valence-corrected chi connectivity index (χ3v) is 3.22. The summed E-state index contributed by atoms with van der Waals surface area (Å²) < 4.78 is 13.0. The first-order valence-electron chi connectivity index (χ1n) is 4.93. The second-order valence-electron chi connectivity index (χ2n) is 3.57. The molecule has 0 aliphatic rings. The standard InChI is InChI=1S/C12H7Cl3FNO/c13-7-2-9(14)12(10(15)3-7)8-4-17-11(16)1-6(8)5-18/h1-4,18H,5H2. The van der Waals surface area contributed by atoms with Gasteiger partial charge in [-0.25, -0.2) is 4.98 Å². The van der Waals surface area contributed by atoms with E-state index in [1.165, 1.54) is 18.3 Å². The maximum atomic E-state index is 13.0. The zero-order chi connectivity index (χ0) is 13.3. The van der Waals surface area contributed by atoms with Gasteiger partial charge in [0.2, 0.25) is 5.95 Å². The number of aliphatic hydroxyl groups is 1. The zero-order valence-corrected chi connectivity index (χ0v) is 11.2. The van der Waals surface area contributed by atoms with Crippen LogP contribution in [0.25, 0.3) is 11.1 Å². The van der Waals surface area contributed by atoms with E-state index in [0.29, 0.717) is 31.8 Å². The van der Waals surface area contributed by atoms with Crippen molar-refractivity contribution < 1.29 is 9.50 Å². The van der Waals surface area contributed by atoms with Gasteiger partial charge in [-0.2, -0.15) is 4.39 Å². The molecule has 1 heterocycles. The monoisotopic (exact) mass is 305 g/mol. The van der Waals surface area contributed by atoms with Crippen LogP contribution in [0.5, 0.6) is 0 Å². The summed E-state index contributed by atoms with van der Waals surface area (Å²) in [5.74, 6) is -0.677. The minimum absolute atomic E-state index is 0.315. The maximum Gasteiger partial charge on any atom is 0.213 e. The van der Waals surface area contributed by atoms with E-state index < -0.39 is 5.95 Å². The molecule has 0 fully saturated rings. The topological polar surface area (TPSA) is 33.1 Å². The van der Waals surface area contributed by atoms with Crippen LogP contribution in [0.15, 0.2) is 24.4 Å². The summed E-state index contributed by atoms with van der Waals surface area (Å²) in [6.45, 7) is -0.343. The molecule has 1 N–H and O–H groups in total. The molecule has 1 aromatic heterocycles. The summed E-state index contributed by atoms with van der Waals surface area (Å²) in [5, 5.41) is 10.3. The number of nitrogens with zero attached hydrogens (tertiary/aromatic N) is 1. The van der Waals surface area contributed by atoms with Crippen molar-refractivity contribution in [3.8, 4) is 11.1 Å². The van der Waals surface area contributed by atoms with Gasteiger partial charge in [0, 0.05) is 22.3 Å². The number of aromatic nitrogens is 1. The van der Waals surface area contributed by atoms with Gasteiger partial charge in [0.15, 0.2) is 0 Å². The van der Waals surface area contributed by atoms with Crippen LogP contribution in [0, 0.1) is 5.95 Å². The van der Waals surface area contributed by atoms with Crippen LogP contribution in [-0.2, 0) is 6.61 Å². The molecule has 0 atom stereocenters. The molecule has 2 aromatic rings. The first kappa shape index (κ1) is 13.6. The Morgan fingerprint density at radius 3 is 2.28 bits per heavy atom. The molecule has 18 heavy (non-hydrogen) atoms. The summed E-state index contributed by atoms with van der Waals surface area (Å²) >= 11 is 17.9. The van der Waals surface area contributed by atoms with Crippen molar-refractivity contribution in [3.05, 3.63) is 51.0 Å². The summed E-state index contributed by atoms with van der Waals surface area (Å²) in [7, 11) is 0. The quantitative estimate of drug-likeness (QED) is 0.837. The Balaban J connectivity index is 2.69. The molecule has 0 spiro atoms. The number of rotatable bonds is 2. The zero-order valence-electron chi connectivity index (χ0n) is 8.92. The fourth-order valence-electron chi connectivity index (χ4n) is 1.62. The third-order valence-electron chi connectivity index (χ3n) is 2.40. The smallest absolute Gasteiger partial charge is 0.213 e. The fraction of sp³-hybridized carbons (Fsp3) is 0.0833. The molecule has 0 bridgehead atoms. The Morgan fingerprint density at radius 2 is 1.72 bits per heavy atom. The normalized spacial score (nSPS) is 10.7. The summed E-state index contributed by atoms with van der Waals surface area (Å²) in [6.07, 6.45) is 1.28. The number of pyridine rings is 1. The highest BCUT2D eigenvalue weighted by atomic mass is 35.5. The molecule has 0 unspecified atom stereocenters. The van der Waals surface area contributed by atoms with E-state index in [4.69, 9.17) is 34.8 Å². The molecule has 2 rings (SSSR count). The molecule has 2 nitrogen and oxygen atoms in total. The van der Waals surface area contributed by atoms with Crippen molar-refractivity contribution in [2.24, 2.45) is 0 Å². The molecule has 0 radical (unpaired) electrons. The van der Waals surface area contributed by atoms with Crippen molar-refractivity contribution in [1.82, 2.24) is 4.98 Å². The maximum absolute atomic E-state index is 13.0. The fourth-order valence-corrected chi connectivity index (χ4v) is 2.64. The molecule has 1 aromatic carbocycles. The SMILES string of the molecule is OCc1cc(F)ncc1-c1c(Cl)cc(Cl)cc1Cl. The van der Waals surface area contributed by atoms with Crippen LogP contribution < -0.4 is 0 Å². The predicted octanol–water partition coefficient (Wildman–Crippen LogP) is 4.34. The Morgan fingerprint density at radius 1 is 1.11 bits per heavy atom. The summed E-state index contributed by atoms with van der Waals surface area (Å²) in [4.78, 5) is 3.54. The van der Waals surface area contributed by atoms with Gasteiger partial charge in [-0.05, 0) is 23.8 Å². The average Bonchev–Trinajstić information content (AvgIpc) is 2.29. The third kappa shape index (κ3) is 2.59. The van der Waals surface area contributed by atoms with E-state index in [9.17, 15) is 9.50 Å². The van der Waals surface area contributed by atoms with Crippen LogP contribution in [0.1, 0.15) is 5.56 Å². The number of hydrogen-bond acceptors (Lipinski definition) is 2. The van der Waals surface area contributed by atoms with Crippen LogP contribution in [0.3, 0.4) is 0 Å². The van der Waals surface area contributed by atoms with Gasteiger partial charge < -0.3 is 5.11 Å². The lowest BCUT2D eigenvalue weighted by Crippen LogP contribution is -1.95. The molecular weight excluding hydrogens is 299 g/mol. The van der Waals surface area contributed by atoms with Crippen molar-refractivity contribution in [3.63, 3.8) is 0 Å². The second kappa shape index (κ2) is 5.41. The molecule has 0 amide bonds. The largest absolute Gasteiger partial charge is 0.392 e. The minimum atomic E-state index is -0.677. The van der Waals surface area contributed by atoms with Crippen molar-refractivity contribution >= 4 is 34.8 Å². The van der Waals surface area contributed by atoms with Crippen LogP contribution in [-0.4, -0.2) is 10.1 Å². The van der Waals surface area contributed by atoms with E-state index >= 15 is 0 Å². The van der Waals surface area contributed by atoms with Crippen molar-refractivity contribution in [2.75, 3.05) is 0 Å². The van der Waals surface area contributed by atoms with Crippen LogP contribution >= 0.6 is 34.8 Å². The first-order chi connectivity index (χ1) is 8.52. The molecule has 0 saturated carbocycles. The van der Waals surface area contributed by atoms with E-state index in [0.717, 1.165) is 6.07 Å². The lowest BCUT2D eigenvalue weighted by atomic mass is 10.0. The van der Waals surface area contributed by atoms with E-state index in [-0.39, 0.29) is 6.61 Å². The van der Waals surface area contributed by atoms with Gasteiger partial charge in [0.25, 0.3) is 0 Å². The van der Waals surface area contributed by atoms with Crippen LogP contribution in [0.4, 0.5) is 4.39 Å². The highest BCUT2D eigenvalue weighted by Gasteiger charge is 2.14. The number of benzene rings is 1. The molecule has 94 valence electrons. The Bertz CT molecular complexity index is 581. The van der Waals surface area contributed by atoms with Crippen LogP contribution in [0.2, 0.25) is 15.1 Å². The number of hydrogen-bond donors (Lipinski definition) is 1. The van der Waals surface area contributed by atoms with E-state index in [1.54, 1.807) is 0 Å². The van der Waals surface area contributed by atoms with Gasteiger partial charge in [0.1, 0.15) is 0 Å². The Labute approximate surface area is 118 Å². The molecule has 6 heteroatoms. The van der Waals surface area contributed by atoms with Gasteiger partial charge in [-0.3, -0.25) is 0 Å². The van der Waals surface area contributed by atoms with Gasteiger partial charge >= 0.3 is 0 Å². The lowest BCUT2D eigenvalue weighted by Gasteiger charge is -2.11. The molecule has 0 saturated heterocycles. The van der Waals surface area contributed by atoms with Crippen molar-refractivity contribution in [2.45, 2.75) is 6.61 Å². The molecular formula is C12H7Cl3FNO. The van der Waals surface area contributed by atoms with Crippen molar-refractivity contribution in [1.29, 1.82) is 0 Å². The number of aliphatic hydroxyl groups excluding tert-OH is 1. The van der Waals surface area contributed by atoms with Gasteiger partial charge in [0.05, 0.1) is 16.7 Å². The Hall–Kier alpha value is -0.870. The highest BCUT2D eigenvalue weighted by Crippen LogP contribution is 2.38. The summed E-state index contributed by atoms with van der Waals surface area (Å²) in [6, 6.07) is 4.18. The lowest BCUT2D eigenvalue weighted by molar-refractivity contribution is 0.281. The van der Waals surface area contributed by atoms with Gasteiger partial charge in [-0.1, -0.05) is 34.8 Å². The molecule has 0 aliphatic carbocycles. The van der Waals surface area contributed by atoms with E-state index in [1.807, 2.05) is 0 Å². The van der Waals surface area contributed by atoms with E-state index in [2.05, 4.69) is 4.98 Å². The minimum Gasteiger partial charge on any atom is -0.392 e. The first-order valence-corrected chi connectivity index (χ1v) is 6.06. The Kier molecular flexibility index (Phi) is 4.07. The number of halogens is 4. The van der Waals surface area contributed by atoms with Gasteiger partial charge in [-0.15, -0.1) is 0 Å². The molecule has 0 aliphatic heterocycles. The summed E-state index contributed by atoms with van der Waals surface area (Å²) in [5.41, 5.74) is 1.30. The predicted molar refractivity (Wildman–Crippen MR) is 70.6 cm³/mol. The highest BCUT2D eigenvalue weighted by molar-refractivity contribution is 6.41. The second-order valence-corrected chi connectivity index (χ2v) is 4.82. The average molecular weight is 307 g/mol.